The molecule has 2 aromatic rings. The number of likely N-dealkylation sites (tertiary alicyclic amines) is 1. The number of furan rings is 1. The maximum Gasteiger partial charge on any atom is 0.276 e. The standard InChI is InChI=1S/C14H17N3O3.ClH/c15-9-10-4-1-2-6-17(10)14(18)11-8-13(20-16-11)12-5-3-7-19-12;/h3,5,7-8,10H,1-2,4,6,9,15H2;1H. The predicted octanol–water partition coefficient (Wildman–Crippen LogP) is 2.31. The van der Waals surface area contributed by atoms with E-state index in [4.69, 9.17) is 14.7 Å². The Balaban J connectivity index is 0.00000161. The van der Waals surface area contributed by atoms with Crippen LogP contribution in [0.2, 0.25) is 0 Å². The van der Waals surface area contributed by atoms with Gasteiger partial charge in [-0.05, 0) is 31.4 Å². The number of amides is 1. The summed E-state index contributed by atoms with van der Waals surface area (Å²) in [6.45, 7) is 1.21. The van der Waals surface area contributed by atoms with E-state index < -0.39 is 0 Å². The van der Waals surface area contributed by atoms with Gasteiger partial charge < -0.3 is 19.6 Å². The average molecular weight is 312 g/mol. The molecule has 1 aliphatic rings. The SMILES string of the molecule is Cl.NCC1CCCCN1C(=O)c1cc(-c2ccco2)on1. The van der Waals surface area contributed by atoms with E-state index in [0.29, 0.717) is 23.8 Å². The van der Waals surface area contributed by atoms with Crippen LogP contribution in [0.25, 0.3) is 11.5 Å². The Morgan fingerprint density at radius 1 is 1.43 bits per heavy atom. The van der Waals surface area contributed by atoms with Crippen molar-refractivity contribution in [1.29, 1.82) is 0 Å². The van der Waals surface area contributed by atoms with E-state index in [2.05, 4.69) is 5.16 Å². The summed E-state index contributed by atoms with van der Waals surface area (Å²) in [5.74, 6) is 0.895. The summed E-state index contributed by atoms with van der Waals surface area (Å²) >= 11 is 0. The van der Waals surface area contributed by atoms with Crippen molar-refractivity contribution in [2.75, 3.05) is 13.1 Å². The lowest BCUT2D eigenvalue weighted by molar-refractivity contribution is 0.0613. The first-order valence-corrected chi connectivity index (χ1v) is 6.81. The number of hydrogen-bond donors (Lipinski definition) is 1. The van der Waals surface area contributed by atoms with Gasteiger partial charge >= 0.3 is 0 Å². The molecule has 6 nitrogen and oxygen atoms in total. The molecule has 1 aliphatic heterocycles. The number of nitrogens with two attached hydrogens (primary N) is 1. The summed E-state index contributed by atoms with van der Waals surface area (Å²) < 4.78 is 10.4. The molecule has 0 saturated carbocycles. The topological polar surface area (TPSA) is 85.5 Å². The molecule has 2 N–H and O–H groups in total. The zero-order valence-electron chi connectivity index (χ0n) is 11.5. The molecule has 0 radical (unpaired) electrons. The first kappa shape index (κ1) is 15.6. The van der Waals surface area contributed by atoms with Crippen LogP contribution in [0.1, 0.15) is 29.8 Å². The van der Waals surface area contributed by atoms with Gasteiger partial charge in [-0.15, -0.1) is 12.4 Å². The molecule has 1 unspecified atom stereocenters. The second kappa shape index (κ2) is 6.78. The summed E-state index contributed by atoms with van der Waals surface area (Å²) in [7, 11) is 0. The molecule has 3 rings (SSSR count). The lowest BCUT2D eigenvalue weighted by Crippen LogP contribution is -2.47. The molecule has 7 heteroatoms. The number of halogens is 1. The second-order valence-corrected chi connectivity index (χ2v) is 4.94. The Kier molecular flexibility index (Phi) is 5.03. The molecule has 1 fully saturated rings. The average Bonchev–Trinajstić information content (AvgIpc) is 3.16. The van der Waals surface area contributed by atoms with Crippen molar-refractivity contribution in [3.63, 3.8) is 0 Å². The quantitative estimate of drug-likeness (QED) is 0.940. The number of nitrogens with zero attached hydrogens (tertiary/aromatic N) is 2. The van der Waals surface area contributed by atoms with Gasteiger partial charge in [0.25, 0.3) is 5.91 Å². The highest BCUT2D eigenvalue weighted by Gasteiger charge is 2.28. The molecular weight excluding hydrogens is 294 g/mol. The van der Waals surface area contributed by atoms with E-state index in [-0.39, 0.29) is 24.4 Å². The van der Waals surface area contributed by atoms with Gasteiger partial charge in [-0.3, -0.25) is 4.79 Å². The fourth-order valence-electron chi connectivity index (χ4n) is 2.57. The van der Waals surface area contributed by atoms with E-state index in [1.165, 1.54) is 0 Å². The first-order chi connectivity index (χ1) is 9.79. The molecule has 3 heterocycles. The van der Waals surface area contributed by atoms with Crippen molar-refractivity contribution in [1.82, 2.24) is 10.1 Å². The number of piperidine rings is 1. The van der Waals surface area contributed by atoms with Gasteiger partial charge in [0.05, 0.1) is 6.26 Å². The molecule has 21 heavy (non-hydrogen) atoms. The van der Waals surface area contributed by atoms with Gasteiger partial charge in [-0.1, -0.05) is 5.16 Å². The minimum absolute atomic E-state index is 0. The molecule has 1 saturated heterocycles. The van der Waals surface area contributed by atoms with Crippen molar-refractivity contribution in [3.8, 4) is 11.5 Å². The van der Waals surface area contributed by atoms with Crippen LogP contribution < -0.4 is 5.73 Å². The number of carbonyl (C=O) groups is 1. The van der Waals surface area contributed by atoms with Crippen LogP contribution in [-0.4, -0.2) is 35.1 Å². The van der Waals surface area contributed by atoms with E-state index in [0.717, 1.165) is 25.8 Å². The molecule has 2 aromatic heterocycles. The molecule has 1 amide bonds. The highest BCUT2D eigenvalue weighted by Crippen LogP contribution is 2.23. The third-order valence-corrected chi connectivity index (χ3v) is 3.65. The lowest BCUT2D eigenvalue weighted by Gasteiger charge is -2.34. The first-order valence-electron chi connectivity index (χ1n) is 6.81. The Hall–Kier alpha value is -1.79. The predicted molar refractivity (Wildman–Crippen MR) is 79.2 cm³/mol. The van der Waals surface area contributed by atoms with Gasteiger partial charge in [-0.25, -0.2) is 0 Å². The lowest BCUT2D eigenvalue weighted by atomic mass is 10.0. The number of hydrogen-bond acceptors (Lipinski definition) is 5. The van der Waals surface area contributed by atoms with E-state index in [1.807, 2.05) is 0 Å². The van der Waals surface area contributed by atoms with Crippen LogP contribution in [0.5, 0.6) is 0 Å². The Morgan fingerprint density at radius 2 is 2.29 bits per heavy atom. The fourth-order valence-corrected chi connectivity index (χ4v) is 2.57. The van der Waals surface area contributed by atoms with Crippen LogP contribution >= 0.6 is 12.4 Å². The summed E-state index contributed by atoms with van der Waals surface area (Å²) in [4.78, 5) is 14.3. The summed E-state index contributed by atoms with van der Waals surface area (Å²) in [5, 5.41) is 3.85. The maximum atomic E-state index is 12.5. The third-order valence-electron chi connectivity index (χ3n) is 3.65. The molecular formula is C14H18ClN3O3. The molecule has 0 aromatic carbocycles. The molecule has 1 atom stereocenters. The van der Waals surface area contributed by atoms with Crippen molar-refractivity contribution in [3.05, 3.63) is 30.2 Å². The van der Waals surface area contributed by atoms with Crippen LogP contribution in [0.3, 0.4) is 0 Å². The van der Waals surface area contributed by atoms with Crippen molar-refractivity contribution in [2.24, 2.45) is 5.73 Å². The summed E-state index contributed by atoms with van der Waals surface area (Å²) in [6, 6.07) is 5.23. The van der Waals surface area contributed by atoms with Crippen molar-refractivity contribution < 1.29 is 13.7 Å². The van der Waals surface area contributed by atoms with E-state index >= 15 is 0 Å². The van der Waals surface area contributed by atoms with Gasteiger partial charge in [-0.2, -0.15) is 0 Å². The highest BCUT2D eigenvalue weighted by molar-refractivity contribution is 5.93. The fraction of sp³-hybridized carbons (Fsp3) is 0.429. The van der Waals surface area contributed by atoms with Crippen LogP contribution in [0.4, 0.5) is 0 Å². The molecule has 0 aliphatic carbocycles. The smallest absolute Gasteiger partial charge is 0.276 e. The summed E-state index contributed by atoms with van der Waals surface area (Å²) in [6.07, 6.45) is 4.62. The van der Waals surface area contributed by atoms with Crippen LogP contribution in [-0.2, 0) is 0 Å². The monoisotopic (exact) mass is 311 g/mol. The number of aromatic nitrogens is 1. The van der Waals surface area contributed by atoms with Crippen molar-refractivity contribution in [2.45, 2.75) is 25.3 Å². The third kappa shape index (κ3) is 3.11. The normalized spacial score (nSPS) is 18.3. The number of carbonyl (C=O) groups excluding carboxylic acids is 1. The summed E-state index contributed by atoms with van der Waals surface area (Å²) in [5.41, 5.74) is 6.04. The second-order valence-electron chi connectivity index (χ2n) is 4.94. The van der Waals surface area contributed by atoms with Gasteiger partial charge in [0.2, 0.25) is 5.76 Å². The minimum Gasteiger partial charge on any atom is -0.461 e. The van der Waals surface area contributed by atoms with Crippen LogP contribution in [0.15, 0.2) is 33.4 Å². The van der Waals surface area contributed by atoms with Gasteiger partial charge in [0.15, 0.2) is 11.5 Å². The van der Waals surface area contributed by atoms with Crippen molar-refractivity contribution >= 4 is 18.3 Å². The maximum absolute atomic E-state index is 12.5. The van der Waals surface area contributed by atoms with Gasteiger partial charge in [0, 0.05) is 25.2 Å². The van der Waals surface area contributed by atoms with E-state index in [1.54, 1.807) is 29.4 Å². The molecule has 0 spiro atoms. The minimum atomic E-state index is -0.123. The Morgan fingerprint density at radius 3 is 3.00 bits per heavy atom. The highest BCUT2D eigenvalue weighted by atomic mass is 35.5. The Labute approximate surface area is 128 Å². The Bertz CT molecular complexity index is 582. The molecule has 114 valence electrons. The largest absolute Gasteiger partial charge is 0.461 e. The zero-order chi connectivity index (χ0) is 13.9. The van der Waals surface area contributed by atoms with Gasteiger partial charge in [0.1, 0.15) is 0 Å². The van der Waals surface area contributed by atoms with Crippen LogP contribution in [0, 0.1) is 0 Å². The van der Waals surface area contributed by atoms with E-state index in [9.17, 15) is 4.79 Å². The molecule has 0 bridgehead atoms. The zero-order valence-corrected chi connectivity index (χ0v) is 12.3. The number of rotatable bonds is 3.